The van der Waals surface area contributed by atoms with Crippen molar-refractivity contribution in [2.45, 2.75) is 79.1 Å². The van der Waals surface area contributed by atoms with Crippen LogP contribution in [0.1, 0.15) is 79.1 Å². The molecule has 0 fully saturated rings. The van der Waals surface area contributed by atoms with Crippen molar-refractivity contribution in [2.75, 3.05) is 18.5 Å². The Bertz CT molecular complexity index is 548. The first-order valence-electron chi connectivity index (χ1n) is 10.7. The van der Waals surface area contributed by atoms with Gasteiger partial charge < -0.3 is 10.1 Å². The summed E-state index contributed by atoms with van der Waals surface area (Å²) in [5.41, 5.74) is 0.842. The molecule has 0 aromatic heterocycles. The second kappa shape index (κ2) is 13.4. The normalized spacial score (nSPS) is 13.2. The van der Waals surface area contributed by atoms with E-state index in [9.17, 15) is 10.1 Å². The summed E-state index contributed by atoms with van der Waals surface area (Å²) in [5, 5.41) is 14.6. The summed E-state index contributed by atoms with van der Waals surface area (Å²) < 4.78 is 6.08. The molecule has 2 unspecified atom stereocenters. The van der Waals surface area contributed by atoms with Gasteiger partial charge in [-0.2, -0.15) is 0 Å². The highest BCUT2D eigenvalue weighted by Gasteiger charge is 2.15. The van der Waals surface area contributed by atoms with Gasteiger partial charge in [-0.05, 0) is 30.7 Å². The highest BCUT2D eigenvalue weighted by molar-refractivity contribution is 5.61. The Hall–Kier alpha value is -1.78. The maximum absolute atomic E-state index is 11.2. The molecule has 0 bridgehead atoms. The topological polar surface area (TPSA) is 64.4 Å². The van der Waals surface area contributed by atoms with Gasteiger partial charge in [-0.3, -0.25) is 10.1 Å². The van der Waals surface area contributed by atoms with Crippen LogP contribution in [0.4, 0.5) is 11.4 Å². The van der Waals surface area contributed by atoms with E-state index in [0.29, 0.717) is 18.4 Å². The van der Waals surface area contributed by atoms with Gasteiger partial charge in [0.25, 0.3) is 5.69 Å². The first-order valence-corrected chi connectivity index (χ1v) is 10.7. The van der Waals surface area contributed by atoms with Gasteiger partial charge in [0.2, 0.25) is 0 Å². The number of anilines is 1. The van der Waals surface area contributed by atoms with Crippen molar-refractivity contribution in [3.05, 3.63) is 28.3 Å². The summed E-state index contributed by atoms with van der Waals surface area (Å²) in [6.45, 7) is 10.3. The predicted octanol–water partition coefficient (Wildman–Crippen LogP) is 6.82. The number of hydrogen-bond acceptors (Lipinski definition) is 4. The lowest BCUT2D eigenvalue weighted by atomic mass is 9.99. The van der Waals surface area contributed by atoms with Crippen LogP contribution in [0.5, 0.6) is 5.75 Å². The summed E-state index contributed by atoms with van der Waals surface area (Å²) in [5.74, 6) is 1.83. The van der Waals surface area contributed by atoms with E-state index < -0.39 is 0 Å². The fourth-order valence-corrected chi connectivity index (χ4v) is 3.20. The van der Waals surface area contributed by atoms with Crippen LogP contribution in [-0.4, -0.2) is 18.1 Å². The van der Waals surface area contributed by atoms with Crippen LogP contribution in [0.2, 0.25) is 0 Å². The summed E-state index contributed by atoms with van der Waals surface area (Å²) in [4.78, 5) is 10.8. The van der Waals surface area contributed by atoms with Gasteiger partial charge in [0.05, 0.1) is 17.2 Å². The van der Waals surface area contributed by atoms with Gasteiger partial charge >= 0.3 is 0 Å². The zero-order valence-electron chi connectivity index (χ0n) is 17.6. The smallest absolute Gasteiger partial charge is 0.271 e. The number of ether oxygens (including phenoxy) is 1. The number of nitro groups is 1. The number of nitrogens with zero attached hydrogens (tertiary/aromatic N) is 1. The molecule has 0 aliphatic carbocycles. The zero-order chi connectivity index (χ0) is 20.1. The average molecular weight is 379 g/mol. The highest BCUT2D eigenvalue weighted by Crippen LogP contribution is 2.31. The van der Waals surface area contributed by atoms with Gasteiger partial charge in [-0.15, -0.1) is 0 Å². The molecule has 0 aliphatic heterocycles. The second-order valence-electron chi connectivity index (χ2n) is 7.46. The minimum Gasteiger partial charge on any atom is -0.491 e. The first-order chi connectivity index (χ1) is 13.0. The van der Waals surface area contributed by atoms with Crippen LogP contribution in [0, 0.1) is 22.0 Å². The fraction of sp³-hybridized carbons (Fsp3) is 0.727. The van der Waals surface area contributed by atoms with E-state index >= 15 is 0 Å². The minimum atomic E-state index is -0.348. The molecule has 0 saturated heterocycles. The lowest BCUT2D eigenvalue weighted by Gasteiger charge is -2.20. The van der Waals surface area contributed by atoms with Crippen molar-refractivity contribution in [1.29, 1.82) is 0 Å². The van der Waals surface area contributed by atoms with Gasteiger partial charge in [-0.1, -0.05) is 66.2 Å². The Balaban J connectivity index is 2.81. The highest BCUT2D eigenvalue weighted by atomic mass is 16.6. The number of rotatable bonds is 15. The van der Waals surface area contributed by atoms with E-state index in [1.165, 1.54) is 38.2 Å². The van der Waals surface area contributed by atoms with E-state index in [4.69, 9.17) is 4.74 Å². The molecule has 2 atom stereocenters. The molecule has 1 N–H and O–H groups in total. The third-order valence-electron chi connectivity index (χ3n) is 5.32. The Morgan fingerprint density at radius 1 is 1.04 bits per heavy atom. The molecule has 1 aromatic rings. The molecule has 0 heterocycles. The second-order valence-corrected chi connectivity index (χ2v) is 7.46. The maximum Gasteiger partial charge on any atom is 0.271 e. The molecule has 154 valence electrons. The van der Waals surface area contributed by atoms with E-state index in [-0.39, 0.29) is 10.6 Å². The maximum atomic E-state index is 11.2. The molecule has 1 rings (SSSR count). The molecule has 27 heavy (non-hydrogen) atoms. The van der Waals surface area contributed by atoms with Crippen LogP contribution >= 0.6 is 0 Å². The standard InChI is InChI=1S/C22H38N2O3/c1-5-9-11-18(7-3)16-23-21-15-20(24(25)26)13-14-22(21)27-17-19(8-4)12-10-6-2/h13-15,18-19,23H,5-12,16-17H2,1-4H3. The van der Waals surface area contributed by atoms with Crippen molar-refractivity contribution < 1.29 is 9.66 Å². The van der Waals surface area contributed by atoms with Crippen LogP contribution in [0.3, 0.4) is 0 Å². The third kappa shape index (κ3) is 8.63. The molecule has 1 aromatic carbocycles. The summed E-state index contributed by atoms with van der Waals surface area (Å²) in [6.07, 6.45) is 9.35. The lowest BCUT2D eigenvalue weighted by molar-refractivity contribution is -0.384. The Morgan fingerprint density at radius 3 is 2.22 bits per heavy atom. The predicted molar refractivity (Wildman–Crippen MR) is 114 cm³/mol. The quantitative estimate of drug-likeness (QED) is 0.269. The molecule has 0 spiro atoms. The van der Waals surface area contributed by atoms with Crippen molar-refractivity contribution in [3.63, 3.8) is 0 Å². The van der Waals surface area contributed by atoms with Gasteiger partial charge in [0.15, 0.2) is 0 Å². The fourth-order valence-electron chi connectivity index (χ4n) is 3.20. The molecular weight excluding hydrogens is 340 g/mol. The molecule has 5 nitrogen and oxygen atoms in total. The van der Waals surface area contributed by atoms with Crippen molar-refractivity contribution >= 4 is 11.4 Å². The Morgan fingerprint density at radius 2 is 1.67 bits per heavy atom. The van der Waals surface area contributed by atoms with Crippen LogP contribution in [-0.2, 0) is 0 Å². The van der Waals surface area contributed by atoms with Crippen LogP contribution in [0.15, 0.2) is 18.2 Å². The van der Waals surface area contributed by atoms with E-state index in [2.05, 4.69) is 33.0 Å². The monoisotopic (exact) mass is 378 g/mol. The van der Waals surface area contributed by atoms with Crippen LogP contribution in [0.25, 0.3) is 0 Å². The van der Waals surface area contributed by atoms with Crippen LogP contribution < -0.4 is 10.1 Å². The van der Waals surface area contributed by atoms with Crippen molar-refractivity contribution in [2.24, 2.45) is 11.8 Å². The van der Waals surface area contributed by atoms with Gasteiger partial charge in [0.1, 0.15) is 5.75 Å². The third-order valence-corrected chi connectivity index (χ3v) is 5.32. The summed E-state index contributed by atoms with van der Waals surface area (Å²) >= 11 is 0. The summed E-state index contributed by atoms with van der Waals surface area (Å²) in [6, 6.07) is 4.87. The number of unbranched alkanes of at least 4 members (excludes halogenated alkanes) is 2. The molecule has 0 saturated carbocycles. The molecular formula is C22H38N2O3. The Kier molecular flexibility index (Phi) is 11.5. The van der Waals surface area contributed by atoms with E-state index in [0.717, 1.165) is 37.2 Å². The van der Waals surface area contributed by atoms with E-state index in [1.54, 1.807) is 12.1 Å². The van der Waals surface area contributed by atoms with Crippen molar-refractivity contribution in [3.8, 4) is 5.75 Å². The number of nitrogens with one attached hydrogen (secondary N) is 1. The van der Waals surface area contributed by atoms with Gasteiger partial charge in [-0.25, -0.2) is 0 Å². The number of benzene rings is 1. The van der Waals surface area contributed by atoms with E-state index in [1.807, 2.05) is 0 Å². The Labute approximate surface area is 165 Å². The van der Waals surface area contributed by atoms with Crippen molar-refractivity contribution in [1.82, 2.24) is 0 Å². The minimum absolute atomic E-state index is 0.101. The van der Waals surface area contributed by atoms with Gasteiger partial charge in [0, 0.05) is 18.7 Å². The molecule has 5 heteroatoms. The largest absolute Gasteiger partial charge is 0.491 e. The SMILES string of the molecule is CCCCC(CC)CNc1cc([N+](=O)[O-])ccc1OCC(CC)CCCC. The number of hydrogen-bond donors (Lipinski definition) is 1. The molecule has 0 radical (unpaired) electrons. The first kappa shape index (κ1) is 23.3. The lowest BCUT2D eigenvalue weighted by Crippen LogP contribution is -2.16. The zero-order valence-corrected chi connectivity index (χ0v) is 17.6. The average Bonchev–Trinajstić information content (AvgIpc) is 2.68. The molecule has 0 aliphatic rings. The number of nitro benzene ring substituents is 1. The summed E-state index contributed by atoms with van der Waals surface area (Å²) in [7, 11) is 0. The molecule has 0 amide bonds. The number of non-ortho nitro benzene ring substituents is 1.